The van der Waals surface area contributed by atoms with Gasteiger partial charge in [-0.2, -0.15) is 0 Å². The Morgan fingerprint density at radius 1 is 0.806 bits per heavy atom. The van der Waals surface area contributed by atoms with Gasteiger partial charge < -0.3 is 27.3 Å². The van der Waals surface area contributed by atoms with Gasteiger partial charge in [0, 0.05) is 57.0 Å². The van der Waals surface area contributed by atoms with Gasteiger partial charge in [-0.1, -0.05) is 32.9 Å². The Morgan fingerprint density at radius 3 is 1.67 bits per heavy atom. The Hall–Kier alpha value is -3.47. The fourth-order valence-corrected chi connectivity index (χ4v) is 2.52. The van der Waals surface area contributed by atoms with E-state index in [1.165, 1.54) is 56.2 Å². The molecule has 1 fully saturated rings. The van der Waals surface area contributed by atoms with E-state index in [1.54, 1.807) is 0 Å². The SMILES string of the molecule is C#CC#CC#CC#CC#CC#CC#CC#CC#CN[C-]=O.CCCCCC[N+]1(C)CC[N-]CC1.[CH3-].[HH].[HH].[HH].[HH].[HH].[HH].[HH].[HH].[HH].[HH].[HH].[HH].[HH].[HH].[HH].[HH].[HH].[Y]. The monoisotopic (exact) mass is 582 g/mol. The average Bonchev–Trinajstić information content (AvgIpc) is 2.85. The minimum Gasteiger partial charge on any atom is -0.653 e. The van der Waals surface area contributed by atoms with Gasteiger partial charge in [0.1, 0.15) is 0 Å². The number of hydrogen-bond acceptors (Lipinski definition) is 1. The average molecular weight is 583 g/mol. The van der Waals surface area contributed by atoms with E-state index in [9.17, 15) is 4.79 Å². The molecule has 36 heavy (non-hydrogen) atoms. The molecule has 0 saturated carbocycles. The third-order valence-electron chi connectivity index (χ3n) is 4.27. The summed E-state index contributed by atoms with van der Waals surface area (Å²) in [6.07, 6.45) is 11.8. The minimum absolute atomic E-state index is 0. The van der Waals surface area contributed by atoms with Crippen molar-refractivity contribution in [2.45, 2.75) is 32.6 Å². The Labute approximate surface area is 270 Å². The van der Waals surface area contributed by atoms with Crippen LogP contribution in [0.5, 0.6) is 0 Å². The molecule has 0 unspecified atom stereocenters. The van der Waals surface area contributed by atoms with E-state index < -0.39 is 0 Å². The van der Waals surface area contributed by atoms with Gasteiger partial charge in [0.25, 0.3) is 0 Å². The van der Waals surface area contributed by atoms with Crippen LogP contribution in [0, 0.1) is 115 Å². The first-order chi connectivity index (χ1) is 16.7. The number of hydrogen-bond donors (Lipinski definition) is 1. The molecule has 1 aliphatic heterocycles. The molecule has 213 valence electrons. The van der Waals surface area contributed by atoms with E-state index >= 15 is 0 Å². The largest absolute Gasteiger partial charge is 0.653 e. The molecule has 1 rings (SSSR count). The molecule has 1 aliphatic rings. The summed E-state index contributed by atoms with van der Waals surface area (Å²) in [5, 5.41) is 6.40. The van der Waals surface area contributed by atoms with E-state index in [2.05, 4.69) is 120 Å². The van der Waals surface area contributed by atoms with Crippen molar-refractivity contribution < 1.29 is 66.2 Å². The number of nitrogens with zero attached hydrogens (tertiary/aromatic N) is 2. The molecule has 1 amide bonds. The predicted octanol–water partition coefficient (Wildman–Crippen LogP) is 6.29. The normalized spacial score (nSPS) is 10.2. The van der Waals surface area contributed by atoms with Crippen LogP contribution in [0.4, 0.5) is 0 Å². The zero-order valence-electron chi connectivity index (χ0n) is 21.3. The number of piperazine rings is 1. The molecule has 0 spiro atoms. The molecule has 0 aliphatic carbocycles. The number of unbranched alkanes of at least 4 members (excludes halogenated alkanes) is 3. The van der Waals surface area contributed by atoms with Gasteiger partial charge in [-0.25, -0.2) is 6.04 Å². The quantitative estimate of drug-likeness (QED) is 0.129. The summed E-state index contributed by atoms with van der Waals surface area (Å²) < 4.78 is 1.27. The molecule has 1 saturated heterocycles. The molecule has 1 N–H and O–H groups in total. The maximum atomic E-state index is 9.69. The summed E-state index contributed by atoms with van der Waals surface area (Å²) in [4.78, 5) is 9.69. The van der Waals surface area contributed by atoms with Crippen molar-refractivity contribution in [2.24, 2.45) is 0 Å². The number of amides is 1. The van der Waals surface area contributed by atoms with Crippen LogP contribution in [-0.2, 0) is 37.5 Å². The maximum Gasteiger partial charge on any atom is 0.0783 e. The van der Waals surface area contributed by atoms with Crippen LogP contribution in [0.2, 0.25) is 0 Å². The first-order valence-electron chi connectivity index (χ1n) is 10.7. The fourth-order valence-electron chi connectivity index (χ4n) is 2.52. The molecule has 0 atom stereocenters. The number of rotatable bonds is 6. The topological polar surface area (TPSA) is 43.2 Å². The number of likely N-dealkylation sites (N-methyl/N-ethyl adjacent to an activating group) is 1. The van der Waals surface area contributed by atoms with Crippen LogP contribution in [0.3, 0.4) is 0 Å². The second kappa shape index (κ2) is 29.6. The molecule has 1 heterocycles. The second-order valence-electron chi connectivity index (χ2n) is 6.89. The number of carbonyl (C=O) groups excluding carboxylic acids is 1. The fraction of sp³-hybridized carbons (Fsp3) is 0.355. The van der Waals surface area contributed by atoms with E-state index in [4.69, 9.17) is 6.42 Å². The second-order valence-corrected chi connectivity index (χ2v) is 6.89. The molecule has 4 nitrogen and oxygen atoms in total. The smallest absolute Gasteiger partial charge is 0.0783 e. The van der Waals surface area contributed by atoms with Crippen molar-refractivity contribution in [3.63, 3.8) is 0 Å². The van der Waals surface area contributed by atoms with Gasteiger partial charge in [-0.3, -0.25) is 0 Å². The van der Waals surface area contributed by atoms with Crippen molar-refractivity contribution in [2.75, 3.05) is 39.8 Å². The van der Waals surface area contributed by atoms with Crippen molar-refractivity contribution in [1.82, 2.24) is 5.32 Å². The van der Waals surface area contributed by atoms with Gasteiger partial charge in [-0.05, 0) is 102 Å². The van der Waals surface area contributed by atoms with E-state index in [0.717, 1.165) is 13.1 Å². The van der Waals surface area contributed by atoms with Crippen LogP contribution >= 0.6 is 0 Å². The van der Waals surface area contributed by atoms with Gasteiger partial charge >= 0.3 is 0 Å². The van der Waals surface area contributed by atoms with E-state index in [-0.39, 0.29) is 64.4 Å². The van der Waals surface area contributed by atoms with Crippen molar-refractivity contribution >= 4 is 6.41 Å². The van der Waals surface area contributed by atoms with Crippen LogP contribution < -0.4 is 5.32 Å². The number of quaternary nitrogens is 1. The number of terminal acetylenes is 1. The Kier molecular flexibility index (Phi) is 30.5. The summed E-state index contributed by atoms with van der Waals surface area (Å²) in [6.45, 7) is 8.36. The Morgan fingerprint density at radius 2 is 1.25 bits per heavy atom. The molecular formula is C31H63N3OY-2. The van der Waals surface area contributed by atoms with Crippen LogP contribution in [-0.4, -0.2) is 50.7 Å². The zero-order chi connectivity index (χ0) is 25.0. The van der Waals surface area contributed by atoms with Crippen molar-refractivity contribution in [3.05, 3.63) is 12.7 Å². The summed E-state index contributed by atoms with van der Waals surface area (Å²) in [7, 11) is 2.39. The predicted molar refractivity (Wildman–Crippen MR) is 180 cm³/mol. The van der Waals surface area contributed by atoms with Crippen LogP contribution in [0.25, 0.3) is 5.32 Å². The molecule has 0 aromatic rings. The Bertz CT molecular complexity index is 1240. The summed E-state index contributed by atoms with van der Waals surface area (Å²) in [5.74, 6) is 38.3. The maximum absolute atomic E-state index is 9.69. The van der Waals surface area contributed by atoms with Crippen LogP contribution in [0.15, 0.2) is 0 Å². The van der Waals surface area contributed by atoms with Crippen LogP contribution in [0.1, 0.15) is 56.9 Å². The molecule has 0 aromatic carbocycles. The first-order valence-corrected chi connectivity index (χ1v) is 10.7. The molecule has 5 heteroatoms. The van der Waals surface area contributed by atoms with Crippen molar-refractivity contribution in [1.29, 1.82) is 0 Å². The van der Waals surface area contributed by atoms with Gasteiger partial charge in [0.2, 0.25) is 0 Å². The minimum atomic E-state index is 0. The third kappa shape index (κ3) is 26.8. The Balaban J connectivity index is -0.0000000174. The third-order valence-corrected chi connectivity index (χ3v) is 4.27. The summed E-state index contributed by atoms with van der Waals surface area (Å²) in [6, 6.07) is 2.21. The first kappa shape index (κ1) is 37.1. The molecule has 0 bridgehead atoms. The molecule has 1 radical (unpaired) electrons. The van der Waals surface area contributed by atoms with Gasteiger partial charge in [0.15, 0.2) is 0 Å². The number of nitrogens with one attached hydrogen (secondary N) is 1. The molecule has 0 aromatic heterocycles. The van der Waals surface area contributed by atoms with Gasteiger partial charge in [0.05, 0.1) is 33.1 Å². The van der Waals surface area contributed by atoms with E-state index in [0.29, 0.717) is 0 Å². The standard InChI is InChI=1S/C19H2NO.C11H24N2.CH3.Y.17H2/c1-2-3-4-5-6-7-8-9-10-11-12-13-14-15-16-17-18-20-19-21;1-3-4-5-6-9-13(2)10-7-12-8-11-13;;;;;;;;;;;;;;;;;;;/h1H,(H,20,21);3-11H2,1-2H3;1H3;;17*1H/q-1;;-1;;;;;;;;;;;;;;;;;;. The molecular weight excluding hydrogens is 519 g/mol. The zero-order valence-corrected chi connectivity index (χ0v) is 24.2. The summed E-state index contributed by atoms with van der Waals surface area (Å²) in [5.41, 5.74) is 0. The van der Waals surface area contributed by atoms with Gasteiger partial charge in [-0.15, -0.1) is 12.3 Å². The van der Waals surface area contributed by atoms with Crippen molar-refractivity contribution in [3.8, 4) is 107 Å². The summed E-state index contributed by atoms with van der Waals surface area (Å²) >= 11 is 0. The van der Waals surface area contributed by atoms with E-state index in [1.807, 2.05) is 5.32 Å².